The van der Waals surface area contributed by atoms with Gasteiger partial charge >= 0.3 is 0 Å². The molecule has 3 heteroatoms. The number of carbonyl (C=O) groups is 2. The number of aliphatic hydroxyl groups is 1. The van der Waals surface area contributed by atoms with Crippen molar-refractivity contribution in [1.82, 2.24) is 0 Å². The van der Waals surface area contributed by atoms with Gasteiger partial charge in [0.15, 0.2) is 0 Å². The molecule has 0 amide bonds. The number of hydrogen-bond donors (Lipinski definition) is 1. The summed E-state index contributed by atoms with van der Waals surface area (Å²) in [5.74, 6) is 2.65. The third-order valence-electron chi connectivity index (χ3n) is 13.1. The minimum atomic E-state index is -0.406. The number of carbonyl (C=O) groups excluding carboxylic acids is 2. The molecule has 0 saturated heterocycles. The largest absolute Gasteiger partial charge is 0.396 e. The number of hydrogen-bond acceptors (Lipinski definition) is 3. The van der Waals surface area contributed by atoms with Crippen LogP contribution in [0.2, 0.25) is 0 Å². The van der Waals surface area contributed by atoms with Gasteiger partial charge in [-0.25, -0.2) is 0 Å². The topological polar surface area (TPSA) is 54.4 Å². The van der Waals surface area contributed by atoms with Gasteiger partial charge in [-0.15, -0.1) is 0 Å². The molecule has 5 rings (SSSR count). The van der Waals surface area contributed by atoms with E-state index in [1.54, 1.807) is 0 Å². The molecule has 33 heavy (non-hydrogen) atoms. The Morgan fingerprint density at radius 3 is 2.27 bits per heavy atom. The average molecular weight is 455 g/mol. The summed E-state index contributed by atoms with van der Waals surface area (Å²) < 4.78 is 0. The van der Waals surface area contributed by atoms with Crippen molar-refractivity contribution in [1.29, 1.82) is 0 Å². The Labute approximate surface area is 201 Å². The third kappa shape index (κ3) is 2.67. The highest BCUT2D eigenvalue weighted by Crippen LogP contribution is 2.76. The predicted molar refractivity (Wildman–Crippen MR) is 131 cm³/mol. The lowest BCUT2D eigenvalue weighted by molar-refractivity contribution is -0.226. The van der Waals surface area contributed by atoms with Crippen LogP contribution in [0.3, 0.4) is 0 Å². The number of ketones is 2. The molecule has 0 unspecified atom stereocenters. The van der Waals surface area contributed by atoms with E-state index in [0.29, 0.717) is 48.1 Å². The van der Waals surface area contributed by atoms with Gasteiger partial charge in [0.05, 0.1) is 0 Å². The Morgan fingerprint density at radius 2 is 1.64 bits per heavy atom. The first-order chi connectivity index (χ1) is 15.3. The first-order valence-corrected chi connectivity index (χ1v) is 13.6. The second kappa shape index (κ2) is 7.05. The molecule has 0 heterocycles. The summed E-state index contributed by atoms with van der Waals surface area (Å²) in [5, 5.41) is 10.6. The zero-order chi connectivity index (χ0) is 24.2. The minimum Gasteiger partial charge on any atom is -0.396 e. The van der Waals surface area contributed by atoms with Crippen molar-refractivity contribution in [3.05, 3.63) is 12.2 Å². The van der Waals surface area contributed by atoms with Crippen molar-refractivity contribution >= 4 is 11.6 Å². The maximum absolute atomic E-state index is 14.3. The summed E-state index contributed by atoms with van der Waals surface area (Å²) in [6, 6.07) is 0. The Kier molecular flexibility index (Phi) is 5.08. The van der Waals surface area contributed by atoms with Crippen LogP contribution in [0.5, 0.6) is 0 Å². The Bertz CT molecular complexity index is 902. The number of Topliss-reactive ketones (excluding diaryl/α,β-unsaturated/α-hetero) is 2. The van der Waals surface area contributed by atoms with Crippen molar-refractivity contribution in [2.45, 2.75) is 99.3 Å². The van der Waals surface area contributed by atoms with Gasteiger partial charge in [0.25, 0.3) is 0 Å². The van der Waals surface area contributed by atoms with E-state index in [-0.39, 0.29) is 34.2 Å². The summed E-state index contributed by atoms with van der Waals surface area (Å²) >= 11 is 0. The number of fused-ring (bicyclic) bond motifs is 7. The molecule has 1 N–H and O–H groups in total. The van der Waals surface area contributed by atoms with Gasteiger partial charge in [0, 0.05) is 30.3 Å². The Balaban J connectivity index is 1.60. The predicted octanol–water partition coefficient (Wildman–Crippen LogP) is 6.38. The summed E-state index contributed by atoms with van der Waals surface area (Å²) in [7, 11) is 0. The highest BCUT2D eigenvalue weighted by Gasteiger charge is 2.73. The van der Waals surface area contributed by atoms with E-state index < -0.39 is 5.41 Å². The molecule has 0 aliphatic heterocycles. The summed E-state index contributed by atoms with van der Waals surface area (Å²) in [6.07, 6.45) is 8.70. The summed E-state index contributed by atoms with van der Waals surface area (Å²) in [6.45, 7) is 18.2. The average Bonchev–Trinajstić information content (AvgIpc) is 3.15. The zero-order valence-corrected chi connectivity index (χ0v) is 21.9. The zero-order valence-electron chi connectivity index (χ0n) is 21.9. The minimum absolute atomic E-state index is 0.0143. The summed E-state index contributed by atoms with van der Waals surface area (Å²) in [4.78, 5) is 27.2. The van der Waals surface area contributed by atoms with E-state index in [9.17, 15) is 14.7 Å². The van der Waals surface area contributed by atoms with Crippen LogP contribution in [-0.4, -0.2) is 23.3 Å². The highest BCUT2D eigenvalue weighted by atomic mass is 16.3. The fourth-order valence-corrected chi connectivity index (χ4v) is 11.0. The van der Waals surface area contributed by atoms with E-state index in [2.05, 4.69) is 48.1 Å². The molecule has 5 fully saturated rings. The number of allylic oxidation sites excluding steroid dienone is 1. The van der Waals surface area contributed by atoms with E-state index in [1.165, 1.54) is 5.57 Å². The molecule has 0 aromatic heterocycles. The van der Waals surface area contributed by atoms with Gasteiger partial charge < -0.3 is 5.11 Å². The molecule has 184 valence electrons. The lowest BCUT2D eigenvalue weighted by Crippen LogP contribution is -2.69. The van der Waals surface area contributed by atoms with Crippen LogP contribution >= 0.6 is 0 Å². The van der Waals surface area contributed by atoms with Crippen LogP contribution < -0.4 is 0 Å². The molecule has 0 radical (unpaired) electrons. The molecule has 9 atom stereocenters. The fraction of sp³-hybridized carbons (Fsp3) is 0.867. The van der Waals surface area contributed by atoms with Gasteiger partial charge in [-0.2, -0.15) is 0 Å². The molecular weight excluding hydrogens is 408 g/mol. The van der Waals surface area contributed by atoms with Gasteiger partial charge in [-0.1, -0.05) is 46.8 Å². The lowest BCUT2D eigenvalue weighted by atomic mass is 9.32. The SMILES string of the molecule is C=C(C)[C@@H]1CC[C@]2(CO)CC[C@]3(C)[C@H](CC[C@@H]4[C@@]5(C)CCC(=O)C(C)(C)[C@H]5CC(=O)[C@]43C)[C@@H]12. The van der Waals surface area contributed by atoms with Crippen LogP contribution in [0, 0.1) is 56.7 Å². The quantitative estimate of drug-likeness (QED) is 0.492. The highest BCUT2D eigenvalue weighted by molar-refractivity contribution is 5.91. The van der Waals surface area contributed by atoms with Crippen LogP contribution in [0.25, 0.3) is 0 Å². The molecule has 5 aliphatic carbocycles. The molecule has 0 bridgehead atoms. The molecular formula is C30H46O3. The Hall–Kier alpha value is -0.960. The monoisotopic (exact) mass is 454 g/mol. The number of rotatable bonds is 2. The summed E-state index contributed by atoms with van der Waals surface area (Å²) in [5.41, 5.74) is 0.525. The van der Waals surface area contributed by atoms with Crippen molar-refractivity contribution in [3.63, 3.8) is 0 Å². The van der Waals surface area contributed by atoms with Crippen LogP contribution in [0.4, 0.5) is 0 Å². The maximum atomic E-state index is 14.3. The second-order valence-corrected chi connectivity index (χ2v) is 14.2. The Morgan fingerprint density at radius 1 is 0.939 bits per heavy atom. The van der Waals surface area contributed by atoms with Crippen molar-refractivity contribution in [2.75, 3.05) is 6.61 Å². The molecule has 0 aromatic carbocycles. The first kappa shape index (κ1) is 23.8. The molecule has 5 aliphatic rings. The fourth-order valence-electron chi connectivity index (χ4n) is 11.0. The van der Waals surface area contributed by atoms with Crippen LogP contribution in [-0.2, 0) is 9.59 Å². The van der Waals surface area contributed by atoms with Gasteiger partial charge in [-0.3, -0.25) is 9.59 Å². The normalized spacial score (nSPS) is 53.0. The van der Waals surface area contributed by atoms with Crippen LogP contribution in [0.15, 0.2) is 12.2 Å². The van der Waals surface area contributed by atoms with Crippen LogP contribution in [0.1, 0.15) is 99.3 Å². The second-order valence-electron chi connectivity index (χ2n) is 14.2. The van der Waals surface area contributed by atoms with Gasteiger partial charge in [0.1, 0.15) is 11.6 Å². The maximum Gasteiger partial charge on any atom is 0.139 e. The van der Waals surface area contributed by atoms with Crippen molar-refractivity contribution in [2.24, 2.45) is 56.7 Å². The molecule has 0 spiro atoms. The lowest BCUT2D eigenvalue weighted by Gasteiger charge is -2.71. The van der Waals surface area contributed by atoms with Crippen molar-refractivity contribution < 1.29 is 14.7 Å². The van der Waals surface area contributed by atoms with Gasteiger partial charge in [0.2, 0.25) is 0 Å². The molecule has 3 nitrogen and oxygen atoms in total. The van der Waals surface area contributed by atoms with Crippen molar-refractivity contribution in [3.8, 4) is 0 Å². The number of aliphatic hydroxyl groups excluding tert-OH is 1. The molecule has 5 saturated carbocycles. The smallest absolute Gasteiger partial charge is 0.139 e. The van der Waals surface area contributed by atoms with E-state index in [0.717, 1.165) is 44.9 Å². The first-order valence-electron chi connectivity index (χ1n) is 13.6. The molecule has 0 aromatic rings. The van der Waals surface area contributed by atoms with E-state index in [4.69, 9.17) is 0 Å². The standard InChI is InChI=1S/C30H46O3/c1-18(2)19-10-13-30(17-31)15-14-28(6)20(25(19)30)8-9-21-27(5)12-11-23(32)26(3,4)22(27)16-24(33)29(21,28)7/h19-22,25,31H,1,8-17H2,2-7H3/t19-,20+,21+,22+,25+,27+,28+,29-,30+/m0/s1. The third-order valence-corrected chi connectivity index (χ3v) is 13.1. The van der Waals surface area contributed by atoms with E-state index in [1.807, 2.05) is 0 Å². The van der Waals surface area contributed by atoms with Gasteiger partial charge in [-0.05, 0) is 97.7 Å². The van der Waals surface area contributed by atoms with E-state index >= 15 is 0 Å².